The van der Waals surface area contributed by atoms with Gasteiger partial charge in [0.15, 0.2) is 0 Å². The van der Waals surface area contributed by atoms with Gasteiger partial charge in [-0.3, -0.25) is 4.79 Å². The average Bonchev–Trinajstić information content (AvgIpc) is 2.65. The van der Waals surface area contributed by atoms with Crippen LogP contribution >= 0.6 is 0 Å². The van der Waals surface area contributed by atoms with Crippen molar-refractivity contribution in [1.82, 2.24) is 0 Å². The number of ether oxygens (including phenoxy) is 3. The molecule has 22 heavy (non-hydrogen) atoms. The first kappa shape index (κ1) is 16.8. The van der Waals surface area contributed by atoms with Crippen LogP contribution in [0.15, 0.2) is 18.2 Å². The molecule has 0 saturated heterocycles. The predicted molar refractivity (Wildman–Crippen MR) is 84.9 cm³/mol. The van der Waals surface area contributed by atoms with E-state index in [1.54, 1.807) is 0 Å². The Labute approximate surface area is 132 Å². The number of benzene rings is 1. The molecule has 0 spiro atoms. The second-order valence-electron chi connectivity index (χ2n) is 5.74. The highest BCUT2D eigenvalue weighted by atomic mass is 16.7. The summed E-state index contributed by atoms with van der Waals surface area (Å²) in [4.78, 5) is 11.8. The van der Waals surface area contributed by atoms with Crippen LogP contribution in [-0.2, 0) is 20.7 Å². The van der Waals surface area contributed by atoms with Crippen molar-refractivity contribution in [1.29, 1.82) is 0 Å². The summed E-state index contributed by atoms with van der Waals surface area (Å²) in [6, 6.07) is 6.11. The van der Waals surface area contributed by atoms with Crippen LogP contribution < -0.4 is 4.74 Å². The van der Waals surface area contributed by atoms with Crippen LogP contribution in [-0.4, -0.2) is 24.5 Å². The van der Waals surface area contributed by atoms with E-state index in [4.69, 9.17) is 14.2 Å². The number of aryl methyl sites for hydroxylation is 1. The number of para-hydroxylation sites is 1. The lowest BCUT2D eigenvalue weighted by Crippen LogP contribution is -2.41. The van der Waals surface area contributed by atoms with Crippen LogP contribution in [0.1, 0.15) is 51.2 Å². The van der Waals surface area contributed by atoms with Gasteiger partial charge in [0.1, 0.15) is 5.75 Å². The van der Waals surface area contributed by atoms with E-state index in [2.05, 4.69) is 0 Å². The third-order valence-electron chi connectivity index (χ3n) is 4.19. The van der Waals surface area contributed by atoms with Gasteiger partial charge in [0.05, 0.1) is 19.1 Å². The van der Waals surface area contributed by atoms with Crippen molar-refractivity contribution in [2.75, 3.05) is 6.61 Å². The summed E-state index contributed by atoms with van der Waals surface area (Å²) in [6.07, 6.45) is 2.17. The molecule has 1 aliphatic rings. The van der Waals surface area contributed by atoms with Gasteiger partial charge in [-0.05, 0) is 25.0 Å². The van der Waals surface area contributed by atoms with E-state index in [0.29, 0.717) is 13.0 Å². The second-order valence-corrected chi connectivity index (χ2v) is 5.74. The Morgan fingerprint density at radius 3 is 2.68 bits per heavy atom. The predicted octanol–water partition coefficient (Wildman–Crippen LogP) is 3.78. The summed E-state index contributed by atoms with van der Waals surface area (Å²) < 4.78 is 17.6. The van der Waals surface area contributed by atoms with Crippen LogP contribution in [0.4, 0.5) is 0 Å². The summed E-state index contributed by atoms with van der Waals surface area (Å²) in [7, 11) is 0. The van der Waals surface area contributed by atoms with Gasteiger partial charge in [0.25, 0.3) is 0 Å². The smallest absolute Gasteiger partial charge is 0.308 e. The van der Waals surface area contributed by atoms with Crippen LogP contribution in [0.25, 0.3) is 0 Å². The van der Waals surface area contributed by atoms with Crippen molar-refractivity contribution in [3.05, 3.63) is 29.3 Å². The topological polar surface area (TPSA) is 44.8 Å². The monoisotopic (exact) mass is 306 g/mol. The fraction of sp³-hybridized carbons (Fsp3) is 0.611. The average molecular weight is 306 g/mol. The maximum atomic E-state index is 11.8. The molecule has 0 radical (unpaired) electrons. The first-order valence-electron chi connectivity index (χ1n) is 8.14. The standard InChI is InChI=1S/C18H26O4/c1-5-18(6-2)21-15(12-16(19)20-7-3)11-14-10-8-9-13(4)17(14)22-18/h8-10,15H,5-7,11-12H2,1-4H3. The van der Waals surface area contributed by atoms with Gasteiger partial charge in [-0.2, -0.15) is 0 Å². The number of hydrogen-bond acceptors (Lipinski definition) is 4. The zero-order valence-corrected chi connectivity index (χ0v) is 14.0. The molecule has 1 unspecified atom stereocenters. The molecule has 1 aromatic rings. The summed E-state index contributed by atoms with van der Waals surface area (Å²) in [5.41, 5.74) is 2.20. The molecule has 122 valence electrons. The van der Waals surface area contributed by atoms with E-state index in [-0.39, 0.29) is 18.5 Å². The second kappa shape index (κ2) is 7.14. The molecule has 0 bridgehead atoms. The minimum absolute atomic E-state index is 0.218. The van der Waals surface area contributed by atoms with Gasteiger partial charge in [-0.1, -0.05) is 32.0 Å². The number of carbonyl (C=O) groups excluding carboxylic acids is 1. The lowest BCUT2D eigenvalue weighted by molar-refractivity contribution is -0.212. The summed E-state index contributed by atoms with van der Waals surface area (Å²) in [5.74, 6) is 0.0106. The van der Waals surface area contributed by atoms with E-state index >= 15 is 0 Å². The van der Waals surface area contributed by atoms with E-state index in [1.165, 1.54) is 0 Å². The minimum Gasteiger partial charge on any atom is -0.466 e. The zero-order valence-electron chi connectivity index (χ0n) is 14.0. The molecule has 4 heteroatoms. The third-order valence-corrected chi connectivity index (χ3v) is 4.19. The maximum Gasteiger partial charge on any atom is 0.308 e. The zero-order chi connectivity index (χ0) is 16.2. The highest BCUT2D eigenvalue weighted by molar-refractivity contribution is 5.70. The molecule has 2 rings (SSSR count). The number of hydrogen-bond donors (Lipinski definition) is 0. The fourth-order valence-corrected chi connectivity index (χ4v) is 2.90. The van der Waals surface area contributed by atoms with Crippen molar-refractivity contribution in [2.45, 2.75) is 65.3 Å². The van der Waals surface area contributed by atoms with Gasteiger partial charge in [0.2, 0.25) is 5.79 Å². The van der Waals surface area contributed by atoms with Crippen molar-refractivity contribution in [2.24, 2.45) is 0 Å². The molecule has 1 aliphatic heterocycles. The van der Waals surface area contributed by atoms with Crippen molar-refractivity contribution in [3.63, 3.8) is 0 Å². The molecule has 0 aliphatic carbocycles. The number of fused-ring (bicyclic) bond motifs is 1. The van der Waals surface area contributed by atoms with Crippen molar-refractivity contribution >= 4 is 5.97 Å². The van der Waals surface area contributed by atoms with E-state index in [0.717, 1.165) is 29.7 Å². The lowest BCUT2D eigenvalue weighted by Gasteiger charge is -2.33. The van der Waals surface area contributed by atoms with Gasteiger partial charge in [-0.25, -0.2) is 0 Å². The first-order valence-corrected chi connectivity index (χ1v) is 8.14. The van der Waals surface area contributed by atoms with Gasteiger partial charge < -0.3 is 14.2 Å². The highest BCUT2D eigenvalue weighted by Crippen LogP contribution is 2.37. The molecule has 0 fully saturated rings. The van der Waals surface area contributed by atoms with Crippen molar-refractivity contribution < 1.29 is 19.0 Å². The quantitative estimate of drug-likeness (QED) is 0.777. The first-order chi connectivity index (χ1) is 10.5. The van der Waals surface area contributed by atoms with Crippen LogP contribution in [0.5, 0.6) is 5.75 Å². The molecular weight excluding hydrogens is 280 g/mol. The van der Waals surface area contributed by atoms with Gasteiger partial charge >= 0.3 is 5.97 Å². The summed E-state index contributed by atoms with van der Waals surface area (Å²) in [6.45, 7) is 8.35. The number of carbonyl (C=O) groups is 1. The van der Waals surface area contributed by atoms with Gasteiger partial charge in [0, 0.05) is 19.3 Å². The Morgan fingerprint density at radius 2 is 2.05 bits per heavy atom. The molecule has 0 aromatic heterocycles. The number of esters is 1. The summed E-state index contributed by atoms with van der Waals surface area (Å²) >= 11 is 0. The summed E-state index contributed by atoms with van der Waals surface area (Å²) in [5, 5.41) is 0. The van der Waals surface area contributed by atoms with Crippen LogP contribution in [0, 0.1) is 6.92 Å². The molecule has 1 heterocycles. The van der Waals surface area contributed by atoms with E-state index in [9.17, 15) is 4.79 Å². The molecule has 1 aromatic carbocycles. The van der Waals surface area contributed by atoms with Gasteiger partial charge in [-0.15, -0.1) is 0 Å². The molecule has 0 saturated carbocycles. The molecule has 0 amide bonds. The Balaban J connectivity index is 2.32. The maximum absolute atomic E-state index is 11.8. The lowest BCUT2D eigenvalue weighted by atomic mass is 10.0. The fourth-order valence-electron chi connectivity index (χ4n) is 2.90. The highest BCUT2D eigenvalue weighted by Gasteiger charge is 2.37. The molecule has 4 nitrogen and oxygen atoms in total. The molecule has 1 atom stereocenters. The largest absolute Gasteiger partial charge is 0.466 e. The third kappa shape index (κ3) is 3.61. The Bertz CT molecular complexity index is 520. The van der Waals surface area contributed by atoms with E-state index in [1.807, 2.05) is 45.9 Å². The normalized spacial score (nSPS) is 19.7. The number of rotatable bonds is 5. The minimum atomic E-state index is -0.672. The Kier molecular flexibility index (Phi) is 5.46. The molecular formula is C18H26O4. The SMILES string of the molecule is CCOC(=O)CC1Cc2cccc(C)c2OC(CC)(CC)O1. The Morgan fingerprint density at radius 1 is 1.32 bits per heavy atom. The Hall–Kier alpha value is -1.55. The van der Waals surface area contributed by atoms with Crippen molar-refractivity contribution in [3.8, 4) is 5.75 Å². The van der Waals surface area contributed by atoms with Crippen LogP contribution in [0.3, 0.4) is 0 Å². The van der Waals surface area contributed by atoms with Crippen LogP contribution in [0.2, 0.25) is 0 Å². The molecule has 0 N–H and O–H groups in total. The van der Waals surface area contributed by atoms with E-state index < -0.39 is 5.79 Å².